The van der Waals surface area contributed by atoms with Crippen molar-refractivity contribution >= 4 is 0 Å². The smallest absolute Gasteiger partial charge is 0.0236 e. The van der Waals surface area contributed by atoms with Crippen molar-refractivity contribution in [3.63, 3.8) is 0 Å². The van der Waals surface area contributed by atoms with Gasteiger partial charge in [0.05, 0.1) is 0 Å². The molecule has 0 amide bonds. The predicted octanol–water partition coefficient (Wildman–Crippen LogP) is 2.03. The summed E-state index contributed by atoms with van der Waals surface area (Å²) in [4.78, 5) is 2.56. The van der Waals surface area contributed by atoms with Gasteiger partial charge in [-0.2, -0.15) is 0 Å². The third-order valence-electron chi connectivity index (χ3n) is 3.43. The summed E-state index contributed by atoms with van der Waals surface area (Å²) < 4.78 is 0. The van der Waals surface area contributed by atoms with Crippen molar-refractivity contribution in [1.29, 1.82) is 0 Å². The molecule has 2 nitrogen and oxygen atoms in total. The molecular formula is C14H22N2. The minimum absolute atomic E-state index is 0.743. The number of rotatable bonds is 4. The van der Waals surface area contributed by atoms with Gasteiger partial charge < -0.3 is 5.73 Å². The lowest BCUT2D eigenvalue weighted by molar-refractivity contribution is 0.319. The maximum atomic E-state index is 5.65. The molecule has 1 aromatic rings. The van der Waals surface area contributed by atoms with Crippen LogP contribution in [0.4, 0.5) is 0 Å². The van der Waals surface area contributed by atoms with Crippen LogP contribution in [-0.2, 0) is 13.0 Å². The molecule has 2 rings (SSSR count). The fourth-order valence-electron chi connectivity index (χ4n) is 2.52. The number of hydrogen-bond acceptors (Lipinski definition) is 2. The fraction of sp³-hybridized carbons (Fsp3) is 0.571. The minimum Gasteiger partial charge on any atom is -0.330 e. The number of benzene rings is 1. The molecule has 16 heavy (non-hydrogen) atoms. The highest BCUT2D eigenvalue weighted by atomic mass is 15.1. The van der Waals surface area contributed by atoms with Crippen LogP contribution in [0.3, 0.4) is 0 Å². The van der Waals surface area contributed by atoms with E-state index in [4.69, 9.17) is 5.73 Å². The maximum absolute atomic E-state index is 5.65. The third-order valence-corrected chi connectivity index (χ3v) is 3.43. The molecule has 1 atom stereocenters. The first kappa shape index (κ1) is 11.6. The first-order valence-electron chi connectivity index (χ1n) is 6.29. The topological polar surface area (TPSA) is 29.3 Å². The molecule has 1 heterocycles. The van der Waals surface area contributed by atoms with Gasteiger partial charge in [-0.25, -0.2) is 0 Å². The number of hydrogen-bond donors (Lipinski definition) is 1. The summed E-state index contributed by atoms with van der Waals surface area (Å²) in [5.74, 6) is 0.863. The van der Waals surface area contributed by atoms with Crippen molar-refractivity contribution < 1.29 is 0 Å². The third kappa shape index (κ3) is 2.83. The SMILES string of the molecule is CC1CCN(Cc2ccccc2CCN)C1. The number of nitrogens with two attached hydrogens (primary N) is 1. The molecule has 0 spiro atoms. The van der Waals surface area contributed by atoms with Gasteiger partial charge >= 0.3 is 0 Å². The Bertz CT molecular complexity index is 335. The van der Waals surface area contributed by atoms with Gasteiger partial charge in [-0.15, -0.1) is 0 Å². The Kier molecular flexibility index (Phi) is 3.97. The van der Waals surface area contributed by atoms with E-state index in [0.29, 0.717) is 0 Å². The van der Waals surface area contributed by atoms with Crippen LogP contribution in [0, 0.1) is 5.92 Å². The van der Waals surface area contributed by atoms with Gasteiger partial charge in [0, 0.05) is 13.1 Å². The van der Waals surface area contributed by atoms with E-state index in [0.717, 1.165) is 25.4 Å². The van der Waals surface area contributed by atoms with Crippen molar-refractivity contribution in [1.82, 2.24) is 4.90 Å². The Morgan fingerprint density at radius 3 is 2.69 bits per heavy atom. The molecule has 2 heteroatoms. The average molecular weight is 218 g/mol. The summed E-state index contributed by atoms with van der Waals surface area (Å²) in [7, 11) is 0. The zero-order valence-corrected chi connectivity index (χ0v) is 10.2. The van der Waals surface area contributed by atoms with Gasteiger partial charge in [0.2, 0.25) is 0 Å². The quantitative estimate of drug-likeness (QED) is 0.838. The summed E-state index contributed by atoms with van der Waals surface area (Å²) in [5.41, 5.74) is 8.53. The van der Waals surface area contributed by atoms with E-state index in [1.165, 1.54) is 30.6 Å². The van der Waals surface area contributed by atoms with Gasteiger partial charge in [0.25, 0.3) is 0 Å². The molecular weight excluding hydrogens is 196 g/mol. The van der Waals surface area contributed by atoms with Crippen LogP contribution >= 0.6 is 0 Å². The van der Waals surface area contributed by atoms with Crippen molar-refractivity contribution in [3.05, 3.63) is 35.4 Å². The van der Waals surface area contributed by atoms with Crippen LogP contribution in [0.5, 0.6) is 0 Å². The molecule has 2 N–H and O–H groups in total. The highest BCUT2D eigenvalue weighted by molar-refractivity contribution is 5.27. The van der Waals surface area contributed by atoms with Gasteiger partial charge in [-0.1, -0.05) is 31.2 Å². The lowest BCUT2D eigenvalue weighted by Crippen LogP contribution is -2.20. The maximum Gasteiger partial charge on any atom is 0.0236 e. The molecule has 0 saturated carbocycles. The lowest BCUT2D eigenvalue weighted by Gasteiger charge is -2.17. The second-order valence-electron chi connectivity index (χ2n) is 4.94. The van der Waals surface area contributed by atoms with E-state index in [1.807, 2.05) is 0 Å². The van der Waals surface area contributed by atoms with E-state index in [1.54, 1.807) is 0 Å². The second-order valence-corrected chi connectivity index (χ2v) is 4.94. The predicted molar refractivity (Wildman–Crippen MR) is 68.3 cm³/mol. The fourth-order valence-corrected chi connectivity index (χ4v) is 2.52. The molecule has 1 aliphatic heterocycles. The summed E-state index contributed by atoms with van der Waals surface area (Å²) in [6, 6.07) is 8.70. The van der Waals surface area contributed by atoms with E-state index >= 15 is 0 Å². The van der Waals surface area contributed by atoms with Crippen LogP contribution in [-0.4, -0.2) is 24.5 Å². The Morgan fingerprint density at radius 2 is 2.06 bits per heavy atom. The van der Waals surface area contributed by atoms with Gasteiger partial charge in [-0.3, -0.25) is 4.90 Å². The average Bonchev–Trinajstić information content (AvgIpc) is 2.67. The van der Waals surface area contributed by atoms with Crippen LogP contribution in [0.15, 0.2) is 24.3 Å². The monoisotopic (exact) mass is 218 g/mol. The van der Waals surface area contributed by atoms with Crippen LogP contribution in [0.25, 0.3) is 0 Å². The number of likely N-dealkylation sites (tertiary alicyclic amines) is 1. The minimum atomic E-state index is 0.743. The Hall–Kier alpha value is -0.860. The van der Waals surface area contributed by atoms with Crippen LogP contribution in [0.1, 0.15) is 24.5 Å². The van der Waals surface area contributed by atoms with E-state index < -0.39 is 0 Å². The molecule has 1 aromatic carbocycles. The first-order chi connectivity index (χ1) is 7.79. The summed E-state index contributed by atoms with van der Waals surface area (Å²) >= 11 is 0. The Balaban J connectivity index is 2.02. The summed E-state index contributed by atoms with van der Waals surface area (Å²) in [6.45, 7) is 6.68. The number of nitrogens with zero attached hydrogens (tertiary/aromatic N) is 1. The highest BCUT2D eigenvalue weighted by Gasteiger charge is 2.18. The van der Waals surface area contributed by atoms with Gasteiger partial charge in [-0.05, 0) is 43.0 Å². The Morgan fingerprint density at radius 1 is 1.31 bits per heavy atom. The van der Waals surface area contributed by atoms with Crippen molar-refractivity contribution in [2.45, 2.75) is 26.3 Å². The highest BCUT2D eigenvalue weighted by Crippen LogP contribution is 2.19. The van der Waals surface area contributed by atoms with Gasteiger partial charge in [0.15, 0.2) is 0 Å². The van der Waals surface area contributed by atoms with E-state index in [9.17, 15) is 0 Å². The largest absolute Gasteiger partial charge is 0.330 e. The van der Waals surface area contributed by atoms with Crippen molar-refractivity contribution in [2.75, 3.05) is 19.6 Å². The second kappa shape index (κ2) is 5.46. The molecule has 1 saturated heterocycles. The molecule has 0 aromatic heterocycles. The molecule has 0 bridgehead atoms. The van der Waals surface area contributed by atoms with Crippen LogP contribution in [0.2, 0.25) is 0 Å². The molecule has 1 fully saturated rings. The standard InChI is InChI=1S/C14H22N2/c1-12-7-9-16(10-12)11-14-5-3-2-4-13(14)6-8-15/h2-5,12H,6-11,15H2,1H3. The zero-order valence-electron chi connectivity index (χ0n) is 10.2. The summed E-state index contributed by atoms with van der Waals surface area (Å²) in [6.07, 6.45) is 2.35. The Labute approximate surface area is 98.4 Å². The van der Waals surface area contributed by atoms with Crippen LogP contribution < -0.4 is 5.73 Å². The summed E-state index contributed by atoms with van der Waals surface area (Å²) in [5, 5.41) is 0. The normalized spacial score (nSPS) is 21.5. The molecule has 88 valence electrons. The van der Waals surface area contributed by atoms with E-state index in [2.05, 4.69) is 36.1 Å². The zero-order chi connectivity index (χ0) is 11.4. The van der Waals surface area contributed by atoms with E-state index in [-0.39, 0.29) is 0 Å². The molecule has 0 radical (unpaired) electrons. The molecule has 1 unspecified atom stereocenters. The van der Waals surface area contributed by atoms with Crippen molar-refractivity contribution in [3.8, 4) is 0 Å². The van der Waals surface area contributed by atoms with Gasteiger partial charge in [0.1, 0.15) is 0 Å². The first-order valence-corrected chi connectivity index (χ1v) is 6.29. The molecule has 1 aliphatic rings. The molecule has 0 aliphatic carbocycles. The van der Waals surface area contributed by atoms with Crippen molar-refractivity contribution in [2.24, 2.45) is 11.7 Å². The lowest BCUT2D eigenvalue weighted by atomic mass is 10.0.